The van der Waals surface area contributed by atoms with Crippen LogP contribution in [0.2, 0.25) is 5.02 Å². The minimum Gasteiger partial charge on any atom is -0.361 e. The Morgan fingerprint density at radius 2 is 1.88 bits per heavy atom. The molecule has 0 saturated carbocycles. The molecule has 0 unspecified atom stereocenters. The van der Waals surface area contributed by atoms with E-state index in [0.717, 1.165) is 11.3 Å². The quantitative estimate of drug-likeness (QED) is 0.533. The van der Waals surface area contributed by atoms with Gasteiger partial charge in [-0.15, -0.1) is 0 Å². The number of aromatic amines is 1. The summed E-state index contributed by atoms with van der Waals surface area (Å²) in [4.78, 5) is 8.96. The van der Waals surface area contributed by atoms with Crippen LogP contribution in [0.25, 0.3) is 0 Å². The van der Waals surface area contributed by atoms with Crippen molar-refractivity contribution < 1.29 is 21.6 Å². The summed E-state index contributed by atoms with van der Waals surface area (Å²) in [6, 6.07) is 14.0. The molecule has 1 aliphatic heterocycles. The normalized spacial score (nSPS) is 17.6. The Kier molecular flexibility index (Phi) is 6.69. The number of fused-ring (bicyclic) bond motifs is 1. The van der Waals surface area contributed by atoms with E-state index in [2.05, 4.69) is 9.97 Å². The van der Waals surface area contributed by atoms with Crippen molar-refractivity contribution in [3.8, 4) is 0 Å². The summed E-state index contributed by atoms with van der Waals surface area (Å²) in [6.45, 7) is -0.474. The second-order valence-electron chi connectivity index (χ2n) is 7.86. The predicted molar refractivity (Wildman–Crippen MR) is 120 cm³/mol. The van der Waals surface area contributed by atoms with Crippen LogP contribution in [0.15, 0.2) is 61.1 Å². The standard InChI is InChI=1S/C22H22ClF3N4O2S/c23-20-7-4-8-21-19(20)14-29(33(31,32)22(24,25)26)13-18(10-9-16-5-2-1-3-6-16)30(21)12-17-11-27-15-28-17/h1-8,11,15,18H,9-10,12-14H2,(H,27,28)/t18-/m1/s1. The molecule has 0 radical (unpaired) electrons. The number of rotatable bonds is 6. The maximum Gasteiger partial charge on any atom is 0.511 e. The van der Waals surface area contributed by atoms with Crippen molar-refractivity contribution in [2.45, 2.75) is 37.5 Å². The Bertz CT molecular complexity index is 1190. The first kappa shape index (κ1) is 23.6. The summed E-state index contributed by atoms with van der Waals surface area (Å²) in [7, 11) is -5.56. The highest BCUT2D eigenvalue weighted by atomic mass is 35.5. The molecule has 176 valence electrons. The maximum atomic E-state index is 13.5. The van der Waals surface area contributed by atoms with Gasteiger partial charge in [0.1, 0.15) is 0 Å². The average Bonchev–Trinajstić information content (AvgIpc) is 3.22. The van der Waals surface area contributed by atoms with Crippen LogP contribution in [0, 0.1) is 0 Å². The lowest BCUT2D eigenvalue weighted by Gasteiger charge is -2.34. The second kappa shape index (κ2) is 9.36. The molecule has 3 aromatic rings. The van der Waals surface area contributed by atoms with Crippen molar-refractivity contribution in [2.24, 2.45) is 0 Å². The zero-order valence-corrected chi connectivity index (χ0v) is 19.0. The van der Waals surface area contributed by atoms with E-state index in [1.807, 2.05) is 35.2 Å². The lowest BCUT2D eigenvalue weighted by molar-refractivity contribution is -0.0492. The number of alkyl halides is 3. The summed E-state index contributed by atoms with van der Waals surface area (Å²) in [5, 5.41) is 0.216. The summed E-state index contributed by atoms with van der Waals surface area (Å²) >= 11 is 6.36. The van der Waals surface area contributed by atoms with Gasteiger partial charge in [-0.25, -0.2) is 13.4 Å². The van der Waals surface area contributed by atoms with Gasteiger partial charge in [0.05, 0.1) is 18.6 Å². The predicted octanol–water partition coefficient (Wildman–Crippen LogP) is 4.74. The number of hydrogen-bond donors (Lipinski definition) is 1. The Balaban J connectivity index is 1.77. The number of nitrogens with zero attached hydrogens (tertiary/aromatic N) is 3. The first-order valence-corrected chi connectivity index (χ1v) is 12.1. The maximum absolute atomic E-state index is 13.5. The minimum atomic E-state index is -5.56. The number of benzene rings is 2. The number of aryl methyl sites for hydroxylation is 1. The van der Waals surface area contributed by atoms with Gasteiger partial charge in [-0.2, -0.15) is 17.5 Å². The minimum absolute atomic E-state index is 0.216. The van der Waals surface area contributed by atoms with E-state index in [9.17, 15) is 21.6 Å². The molecule has 0 fully saturated rings. The van der Waals surface area contributed by atoms with Gasteiger partial charge in [0.2, 0.25) is 0 Å². The molecule has 1 atom stereocenters. The molecule has 0 aliphatic carbocycles. The number of hydrogen-bond acceptors (Lipinski definition) is 4. The zero-order chi connectivity index (χ0) is 23.6. The van der Waals surface area contributed by atoms with E-state index in [1.54, 1.807) is 24.4 Å². The molecular formula is C22H22ClF3N4O2S. The Hall–Kier alpha value is -2.56. The third kappa shape index (κ3) is 5.02. The first-order chi connectivity index (χ1) is 15.7. The highest BCUT2D eigenvalue weighted by Crippen LogP contribution is 2.38. The molecule has 4 rings (SSSR count). The fourth-order valence-electron chi connectivity index (χ4n) is 4.07. The van der Waals surface area contributed by atoms with Gasteiger partial charge in [0, 0.05) is 41.6 Å². The average molecular weight is 499 g/mol. The molecule has 33 heavy (non-hydrogen) atoms. The van der Waals surface area contributed by atoms with Gasteiger partial charge in [0.15, 0.2) is 0 Å². The zero-order valence-electron chi connectivity index (χ0n) is 17.5. The highest BCUT2D eigenvalue weighted by Gasteiger charge is 2.51. The van der Waals surface area contributed by atoms with Crippen molar-refractivity contribution in [3.63, 3.8) is 0 Å². The molecule has 1 aromatic heterocycles. The topological polar surface area (TPSA) is 69.3 Å². The summed E-state index contributed by atoms with van der Waals surface area (Å²) < 4.78 is 65.9. The Morgan fingerprint density at radius 3 is 2.55 bits per heavy atom. The van der Waals surface area contributed by atoms with Crippen molar-refractivity contribution >= 4 is 27.3 Å². The molecule has 0 saturated heterocycles. The number of halogens is 4. The monoisotopic (exact) mass is 498 g/mol. The number of sulfonamides is 1. The Labute approximate surface area is 195 Å². The number of H-pyrrole nitrogens is 1. The Morgan fingerprint density at radius 1 is 1.12 bits per heavy atom. The van der Waals surface area contributed by atoms with Gasteiger partial charge in [-0.3, -0.25) is 0 Å². The summed E-state index contributed by atoms with van der Waals surface area (Å²) in [5.41, 5.74) is -2.70. The SMILES string of the molecule is O=S(=O)(N1Cc2c(Cl)cccc2N(Cc2cnc[nH]2)[C@H](CCc2ccccc2)C1)C(F)(F)F. The lowest BCUT2D eigenvalue weighted by Crippen LogP contribution is -2.47. The molecule has 1 N–H and O–H groups in total. The number of imidazole rings is 1. The molecule has 0 spiro atoms. The fraction of sp³-hybridized carbons (Fsp3) is 0.318. The van der Waals surface area contributed by atoms with Gasteiger partial charge in [-0.05, 0) is 30.5 Å². The second-order valence-corrected chi connectivity index (χ2v) is 10.2. The number of aromatic nitrogens is 2. The molecule has 2 heterocycles. The van der Waals surface area contributed by atoms with Gasteiger partial charge in [-0.1, -0.05) is 48.0 Å². The third-order valence-electron chi connectivity index (χ3n) is 5.73. The van der Waals surface area contributed by atoms with Crippen LogP contribution in [0.5, 0.6) is 0 Å². The molecule has 6 nitrogen and oxygen atoms in total. The van der Waals surface area contributed by atoms with Crippen molar-refractivity contribution in [1.82, 2.24) is 14.3 Å². The highest BCUT2D eigenvalue weighted by molar-refractivity contribution is 7.89. The molecule has 1 aliphatic rings. The van der Waals surface area contributed by atoms with Crippen molar-refractivity contribution in [2.75, 3.05) is 11.4 Å². The van der Waals surface area contributed by atoms with Crippen LogP contribution in [-0.4, -0.2) is 40.8 Å². The fourth-order valence-corrected chi connectivity index (χ4v) is 5.26. The van der Waals surface area contributed by atoms with Crippen LogP contribution >= 0.6 is 11.6 Å². The van der Waals surface area contributed by atoms with Crippen molar-refractivity contribution in [3.05, 3.63) is 82.9 Å². The number of nitrogens with one attached hydrogen (secondary N) is 1. The third-order valence-corrected chi connectivity index (χ3v) is 7.63. The van der Waals surface area contributed by atoms with Crippen LogP contribution in [-0.2, 0) is 29.5 Å². The van der Waals surface area contributed by atoms with Gasteiger partial charge in [0.25, 0.3) is 0 Å². The molecule has 2 aromatic carbocycles. The summed E-state index contributed by atoms with van der Waals surface area (Å²) in [6.07, 6.45) is 4.16. The first-order valence-electron chi connectivity index (χ1n) is 10.3. The van der Waals surface area contributed by atoms with E-state index in [1.165, 1.54) is 6.33 Å². The van der Waals surface area contributed by atoms with E-state index in [-0.39, 0.29) is 11.6 Å². The van der Waals surface area contributed by atoms with E-state index in [0.29, 0.717) is 34.9 Å². The number of anilines is 1. The largest absolute Gasteiger partial charge is 0.511 e. The van der Waals surface area contributed by atoms with Gasteiger partial charge < -0.3 is 9.88 Å². The van der Waals surface area contributed by atoms with E-state index >= 15 is 0 Å². The molecule has 0 amide bonds. The van der Waals surface area contributed by atoms with Gasteiger partial charge >= 0.3 is 15.5 Å². The van der Waals surface area contributed by atoms with E-state index < -0.39 is 28.1 Å². The van der Waals surface area contributed by atoms with E-state index in [4.69, 9.17) is 11.6 Å². The lowest BCUT2D eigenvalue weighted by atomic mass is 10.0. The van der Waals surface area contributed by atoms with Crippen molar-refractivity contribution in [1.29, 1.82) is 0 Å². The van der Waals surface area contributed by atoms with Crippen LogP contribution < -0.4 is 4.90 Å². The smallest absolute Gasteiger partial charge is 0.361 e. The van der Waals surface area contributed by atoms with Crippen LogP contribution in [0.4, 0.5) is 18.9 Å². The summed E-state index contributed by atoms with van der Waals surface area (Å²) in [5.74, 6) is 0. The van der Waals surface area contributed by atoms with Crippen LogP contribution in [0.1, 0.15) is 23.2 Å². The van der Waals surface area contributed by atoms with Crippen LogP contribution in [0.3, 0.4) is 0 Å². The molecule has 11 heteroatoms. The molecular weight excluding hydrogens is 477 g/mol. The molecule has 0 bridgehead atoms.